The SMILES string of the molecule is COc1ccccc1C1C2C=C(C3=NS(=O)(=O)CC3)C(c3ccccc32)C1C. The summed E-state index contributed by atoms with van der Waals surface area (Å²) in [7, 11) is -1.59. The molecule has 1 heterocycles. The van der Waals surface area contributed by atoms with E-state index < -0.39 is 10.0 Å². The molecule has 0 saturated carbocycles. The molecule has 2 bridgehead atoms. The van der Waals surface area contributed by atoms with E-state index in [9.17, 15) is 8.42 Å². The van der Waals surface area contributed by atoms with Crippen LogP contribution in [0.4, 0.5) is 0 Å². The predicted molar refractivity (Wildman–Crippen MR) is 111 cm³/mol. The fraction of sp³-hybridized carbons (Fsp3) is 0.348. The van der Waals surface area contributed by atoms with Crippen LogP contribution in [0.15, 0.2) is 64.6 Å². The fourth-order valence-corrected chi connectivity index (χ4v) is 6.50. The largest absolute Gasteiger partial charge is 0.496 e. The monoisotopic (exact) mass is 393 g/mol. The van der Waals surface area contributed by atoms with Crippen LogP contribution in [0.1, 0.15) is 47.8 Å². The lowest BCUT2D eigenvalue weighted by Gasteiger charge is -2.48. The van der Waals surface area contributed by atoms with Gasteiger partial charge in [0.1, 0.15) is 5.75 Å². The van der Waals surface area contributed by atoms with Crippen molar-refractivity contribution >= 4 is 15.7 Å². The number of rotatable bonds is 3. The Morgan fingerprint density at radius 3 is 2.36 bits per heavy atom. The van der Waals surface area contributed by atoms with Gasteiger partial charge in [0.25, 0.3) is 10.0 Å². The number of ether oxygens (including phenoxy) is 1. The summed E-state index contributed by atoms with van der Waals surface area (Å²) < 4.78 is 33.7. The number of hydrogen-bond acceptors (Lipinski definition) is 3. The van der Waals surface area contributed by atoms with Crippen LogP contribution in [-0.4, -0.2) is 27.0 Å². The molecular weight excluding hydrogens is 370 g/mol. The summed E-state index contributed by atoms with van der Waals surface area (Å²) in [5.41, 5.74) is 5.75. The lowest BCUT2D eigenvalue weighted by molar-refractivity contribution is 0.324. The molecule has 5 heteroatoms. The first-order chi connectivity index (χ1) is 13.5. The van der Waals surface area contributed by atoms with E-state index >= 15 is 0 Å². The van der Waals surface area contributed by atoms with Crippen molar-refractivity contribution in [2.24, 2.45) is 10.3 Å². The summed E-state index contributed by atoms with van der Waals surface area (Å²) in [5, 5.41) is 0. The first-order valence-corrected chi connectivity index (χ1v) is 11.4. The lowest BCUT2D eigenvalue weighted by atomic mass is 9.55. The van der Waals surface area contributed by atoms with Crippen molar-refractivity contribution in [2.45, 2.75) is 31.1 Å². The first kappa shape index (κ1) is 17.7. The second-order valence-electron chi connectivity index (χ2n) is 7.96. The summed E-state index contributed by atoms with van der Waals surface area (Å²) in [6, 6.07) is 16.8. The number of fused-ring (bicyclic) bond motifs is 1. The molecule has 28 heavy (non-hydrogen) atoms. The lowest BCUT2D eigenvalue weighted by Crippen LogP contribution is -2.36. The van der Waals surface area contributed by atoms with Crippen molar-refractivity contribution in [3.63, 3.8) is 0 Å². The second kappa shape index (κ2) is 6.31. The Bertz CT molecular complexity index is 1120. The molecule has 0 amide bonds. The minimum absolute atomic E-state index is 0.128. The highest BCUT2D eigenvalue weighted by Crippen LogP contribution is 2.59. The van der Waals surface area contributed by atoms with Crippen LogP contribution >= 0.6 is 0 Å². The predicted octanol–water partition coefficient (Wildman–Crippen LogP) is 4.41. The highest BCUT2D eigenvalue weighted by molar-refractivity contribution is 7.90. The van der Waals surface area contributed by atoms with E-state index in [0.717, 1.165) is 17.0 Å². The zero-order valence-electron chi connectivity index (χ0n) is 16.0. The third-order valence-corrected chi connectivity index (χ3v) is 7.76. The van der Waals surface area contributed by atoms with Gasteiger partial charge in [-0.1, -0.05) is 55.5 Å². The van der Waals surface area contributed by atoms with Crippen LogP contribution in [0.5, 0.6) is 5.75 Å². The Balaban J connectivity index is 1.69. The third kappa shape index (κ3) is 2.56. The molecule has 4 unspecified atom stereocenters. The highest BCUT2D eigenvalue weighted by atomic mass is 32.2. The normalized spacial score (nSPS) is 29.8. The van der Waals surface area contributed by atoms with E-state index in [1.807, 2.05) is 12.1 Å². The standard InChI is InChI=1S/C23H23NO3S/c1-14-22-16-8-4-3-7-15(16)18(13-19(22)20-11-12-28(25,26)24-20)23(14)17-9-5-6-10-21(17)27-2/h3-10,13-14,18,22-23H,11-12H2,1-2H3. The van der Waals surface area contributed by atoms with Crippen LogP contribution in [0, 0.1) is 5.92 Å². The minimum Gasteiger partial charge on any atom is -0.496 e. The molecule has 4 atom stereocenters. The van der Waals surface area contributed by atoms with Crippen molar-refractivity contribution in [1.82, 2.24) is 0 Å². The van der Waals surface area contributed by atoms with Gasteiger partial charge in [0, 0.05) is 24.2 Å². The summed E-state index contributed by atoms with van der Waals surface area (Å²) in [6.45, 7) is 2.28. The number of hydrogen-bond donors (Lipinski definition) is 0. The zero-order chi connectivity index (χ0) is 19.5. The van der Waals surface area contributed by atoms with Gasteiger partial charge in [-0.2, -0.15) is 4.40 Å². The van der Waals surface area contributed by atoms with Gasteiger partial charge in [0.15, 0.2) is 0 Å². The van der Waals surface area contributed by atoms with Gasteiger partial charge in [-0.05, 0) is 34.2 Å². The van der Waals surface area contributed by atoms with Crippen LogP contribution in [-0.2, 0) is 10.0 Å². The van der Waals surface area contributed by atoms with Gasteiger partial charge >= 0.3 is 0 Å². The maximum Gasteiger partial charge on any atom is 0.253 e. The van der Waals surface area contributed by atoms with E-state index in [0.29, 0.717) is 18.3 Å². The van der Waals surface area contributed by atoms with Gasteiger partial charge in [-0.15, -0.1) is 0 Å². The topological polar surface area (TPSA) is 55.7 Å². The van der Waals surface area contributed by atoms with Crippen molar-refractivity contribution in [1.29, 1.82) is 0 Å². The van der Waals surface area contributed by atoms with E-state index in [4.69, 9.17) is 4.74 Å². The van der Waals surface area contributed by atoms with Crippen molar-refractivity contribution in [2.75, 3.05) is 12.9 Å². The molecule has 6 rings (SSSR count). The molecule has 4 aliphatic rings. The Morgan fingerprint density at radius 1 is 1.00 bits per heavy atom. The molecule has 0 spiro atoms. The molecule has 2 aromatic rings. The van der Waals surface area contributed by atoms with Crippen LogP contribution < -0.4 is 4.74 Å². The Kier molecular flexibility index (Phi) is 3.98. The molecule has 4 nitrogen and oxygen atoms in total. The number of para-hydroxylation sites is 1. The molecule has 3 aliphatic carbocycles. The van der Waals surface area contributed by atoms with E-state index in [1.165, 1.54) is 16.7 Å². The van der Waals surface area contributed by atoms with Gasteiger partial charge < -0.3 is 4.74 Å². The molecule has 2 aromatic carbocycles. The van der Waals surface area contributed by atoms with Crippen LogP contribution in [0.25, 0.3) is 0 Å². The number of sulfonamides is 1. The van der Waals surface area contributed by atoms with E-state index in [1.54, 1.807) is 7.11 Å². The fourth-order valence-electron chi connectivity index (χ4n) is 5.43. The van der Waals surface area contributed by atoms with E-state index in [2.05, 4.69) is 53.8 Å². The summed E-state index contributed by atoms with van der Waals surface area (Å²) in [4.78, 5) is 0. The number of methoxy groups -OCH3 is 1. The molecule has 0 aromatic heterocycles. The average molecular weight is 394 g/mol. The maximum absolute atomic E-state index is 12.0. The van der Waals surface area contributed by atoms with Crippen molar-refractivity contribution in [3.8, 4) is 5.75 Å². The first-order valence-electron chi connectivity index (χ1n) is 9.75. The van der Waals surface area contributed by atoms with Gasteiger partial charge in [0.2, 0.25) is 0 Å². The molecule has 0 fully saturated rings. The molecule has 0 saturated heterocycles. The third-order valence-electron chi connectivity index (χ3n) is 6.54. The maximum atomic E-state index is 12.0. The molecule has 0 N–H and O–H groups in total. The van der Waals surface area contributed by atoms with E-state index in [-0.39, 0.29) is 17.6 Å². The average Bonchev–Trinajstić information content (AvgIpc) is 3.08. The molecule has 1 aliphatic heterocycles. The Hall–Kier alpha value is -2.40. The van der Waals surface area contributed by atoms with Gasteiger partial charge in [-0.3, -0.25) is 0 Å². The summed E-state index contributed by atoms with van der Waals surface area (Å²) in [6.07, 6.45) is 2.80. The summed E-state index contributed by atoms with van der Waals surface area (Å²) >= 11 is 0. The Morgan fingerprint density at radius 2 is 1.68 bits per heavy atom. The number of nitrogens with zero attached hydrogens (tertiary/aromatic N) is 1. The Labute approximate surface area is 166 Å². The van der Waals surface area contributed by atoms with Gasteiger partial charge in [0.05, 0.1) is 18.6 Å². The van der Waals surface area contributed by atoms with Crippen LogP contribution in [0.2, 0.25) is 0 Å². The summed E-state index contributed by atoms with van der Waals surface area (Å²) in [5.74, 6) is 2.00. The quantitative estimate of drug-likeness (QED) is 0.776. The van der Waals surface area contributed by atoms with Crippen molar-refractivity contribution < 1.29 is 13.2 Å². The minimum atomic E-state index is -3.31. The smallest absolute Gasteiger partial charge is 0.253 e. The number of benzene rings is 2. The second-order valence-corrected chi connectivity index (χ2v) is 9.71. The van der Waals surface area contributed by atoms with Crippen LogP contribution in [0.3, 0.4) is 0 Å². The molecular formula is C23H23NO3S. The van der Waals surface area contributed by atoms with Crippen molar-refractivity contribution in [3.05, 3.63) is 76.9 Å². The highest BCUT2D eigenvalue weighted by Gasteiger charge is 2.48. The molecule has 0 radical (unpaired) electrons. The number of allylic oxidation sites excluding steroid dienone is 2. The van der Waals surface area contributed by atoms with Gasteiger partial charge in [-0.25, -0.2) is 8.42 Å². The zero-order valence-corrected chi connectivity index (χ0v) is 16.8. The molecule has 144 valence electrons.